The van der Waals surface area contributed by atoms with Crippen molar-refractivity contribution in [2.45, 2.75) is 43.8 Å². The van der Waals surface area contributed by atoms with Crippen LogP contribution in [0.25, 0.3) is 0 Å². The van der Waals surface area contributed by atoms with Crippen molar-refractivity contribution >= 4 is 16.0 Å². The number of hydrogen-bond donors (Lipinski definition) is 0. The van der Waals surface area contributed by atoms with Crippen molar-refractivity contribution in [3.63, 3.8) is 0 Å². The number of esters is 1. The van der Waals surface area contributed by atoms with Crippen LogP contribution in [0, 0.1) is 0 Å². The molecular weight excluding hydrogens is 392 g/mol. The minimum Gasteiger partial charge on any atom is -0.462 e. The number of pyridine rings is 1. The van der Waals surface area contributed by atoms with Gasteiger partial charge in [-0.1, -0.05) is 6.07 Å². The van der Waals surface area contributed by atoms with Gasteiger partial charge in [0.1, 0.15) is 0 Å². The largest absolute Gasteiger partial charge is 0.462 e. The average molecular weight is 419 g/mol. The number of ether oxygens (including phenoxy) is 2. The van der Waals surface area contributed by atoms with Crippen LogP contribution in [0.2, 0.25) is 0 Å². The Kier molecular flexibility index (Phi) is 7.00. The monoisotopic (exact) mass is 418 g/mol. The van der Waals surface area contributed by atoms with Crippen molar-refractivity contribution in [2.75, 3.05) is 19.7 Å². The van der Waals surface area contributed by atoms with Crippen LogP contribution < -0.4 is 0 Å². The fourth-order valence-electron chi connectivity index (χ4n) is 3.31. The third kappa shape index (κ3) is 5.62. The molecule has 1 saturated heterocycles. The van der Waals surface area contributed by atoms with Gasteiger partial charge in [-0.25, -0.2) is 13.2 Å². The molecule has 29 heavy (non-hydrogen) atoms. The first-order chi connectivity index (χ1) is 13.9. The zero-order chi connectivity index (χ0) is 20.9. The Morgan fingerprint density at radius 3 is 2.48 bits per heavy atom. The molecule has 1 aliphatic rings. The van der Waals surface area contributed by atoms with Crippen LogP contribution in [0.15, 0.2) is 53.7 Å². The molecule has 8 heteroatoms. The molecule has 0 spiro atoms. The number of hydrogen-bond acceptors (Lipinski definition) is 6. The molecule has 156 valence electrons. The first-order valence-electron chi connectivity index (χ1n) is 9.68. The molecule has 2 heterocycles. The summed E-state index contributed by atoms with van der Waals surface area (Å²) in [4.78, 5) is 16.4. The van der Waals surface area contributed by atoms with E-state index < -0.39 is 16.0 Å². The second-order valence-corrected chi connectivity index (χ2v) is 9.14. The van der Waals surface area contributed by atoms with Gasteiger partial charge in [0.05, 0.1) is 29.3 Å². The van der Waals surface area contributed by atoms with Gasteiger partial charge < -0.3 is 9.47 Å². The predicted molar refractivity (Wildman–Crippen MR) is 108 cm³/mol. The van der Waals surface area contributed by atoms with Crippen molar-refractivity contribution in [1.82, 2.24) is 9.29 Å². The van der Waals surface area contributed by atoms with Crippen molar-refractivity contribution in [1.29, 1.82) is 0 Å². The van der Waals surface area contributed by atoms with Crippen molar-refractivity contribution in [3.8, 4) is 0 Å². The van der Waals surface area contributed by atoms with Crippen LogP contribution in [0.3, 0.4) is 0 Å². The van der Waals surface area contributed by atoms with E-state index in [2.05, 4.69) is 4.98 Å². The molecule has 0 bridgehead atoms. The Morgan fingerprint density at radius 2 is 1.86 bits per heavy atom. The van der Waals surface area contributed by atoms with Gasteiger partial charge in [0.2, 0.25) is 10.0 Å². The maximum Gasteiger partial charge on any atom is 0.338 e. The quantitative estimate of drug-likeness (QED) is 0.508. The van der Waals surface area contributed by atoms with Crippen LogP contribution in [-0.4, -0.2) is 55.6 Å². The van der Waals surface area contributed by atoms with Gasteiger partial charge in [0.15, 0.2) is 0 Å². The highest BCUT2D eigenvalue weighted by atomic mass is 32.2. The lowest BCUT2D eigenvalue weighted by molar-refractivity contribution is -0.0440. The molecule has 0 radical (unpaired) electrons. The van der Waals surface area contributed by atoms with Gasteiger partial charge in [-0.05, 0) is 62.6 Å². The van der Waals surface area contributed by atoms with E-state index in [1.165, 1.54) is 28.6 Å². The number of benzene rings is 1. The molecule has 1 aliphatic heterocycles. The van der Waals surface area contributed by atoms with E-state index in [0.717, 1.165) is 12.0 Å². The van der Waals surface area contributed by atoms with Gasteiger partial charge in [-0.2, -0.15) is 4.31 Å². The minimum absolute atomic E-state index is 0.158. The van der Waals surface area contributed by atoms with E-state index in [0.29, 0.717) is 25.1 Å². The Hall–Kier alpha value is -2.29. The molecule has 0 aliphatic carbocycles. The highest BCUT2D eigenvalue weighted by molar-refractivity contribution is 7.89. The molecule has 1 fully saturated rings. The summed E-state index contributed by atoms with van der Waals surface area (Å²) in [5, 5.41) is 0. The smallest absolute Gasteiger partial charge is 0.338 e. The molecule has 0 N–H and O–H groups in total. The topological polar surface area (TPSA) is 85.8 Å². The second kappa shape index (κ2) is 9.47. The number of sulfonamides is 1. The van der Waals surface area contributed by atoms with Gasteiger partial charge in [-0.15, -0.1) is 0 Å². The lowest BCUT2D eigenvalue weighted by atomic mass is 10.2. The predicted octanol–water partition coefficient (Wildman–Crippen LogP) is 2.67. The Labute approximate surface area is 171 Å². The average Bonchev–Trinajstić information content (AvgIpc) is 2.71. The number of carbonyl (C=O) groups excluding carboxylic acids is 1. The van der Waals surface area contributed by atoms with Crippen LogP contribution in [0.1, 0.15) is 36.2 Å². The normalized spacial score (nSPS) is 20.3. The highest BCUT2D eigenvalue weighted by Gasteiger charge is 2.32. The molecule has 0 amide bonds. The zero-order valence-electron chi connectivity index (χ0n) is 16.7. The molecule has 2 aromatic rings. The third-order valence-corrected chi connectivity index (χ3v) is 6.53. The molecule has 0 saturated carbocycles. The number of carbonyl (C=O) groups is 1. The third-order valence-electron chi connectivity index (χ3n) is 4.68. The zero-order valence-corrected chi connectivity index (χ0v) is 17.5. The summed E-state index contributed by atoms with van der Waals surface area (Å²) in [6.45, 7) is 4.62. The molecule has 1 aromatic heterocycles. The highest BCUT2D eigenvalue weighted by Crippen LogP contribution is 2.21. The standard InChI is InChI=1S/C21H26N2O5S/c1-16-14-23(15-17(2)28-16)29(25,26)20-9-7-19(8-10-20)21(24)27-12-4-6-18-5-3-11-22-13-18/h3,5,7-11,13,16-17H,4,6,12,14-15H2,1-2H3/t16-,17-/m0/s1. The van der Waals surface area contributed by atoms with Crippen LogP contribution in [0.4, 0.5) is 0 Å². The minimum atomic E-state index is -3.63. The number of nitrogens with zero attached hydrogens (tertiary/aromatic N) is 2. The van der Waals surface area contributed by atoms with Crippen LogP contribution >= 0.6 is 0 Å². The summed E-state index contributed by atoms with van der Waals surface area (Å²) in [5.74, 6) is -0.464. The van der Waals surface area contributed by atoms with Crippen molar-refractivity contribution in [3.05, 3.63) is 59.9 Å². The van der Waals surface area contributed by atoms with Crippen LogP contribution in [-0.2, 0) is 25.9 Å². The van der Waals surface area contributed by atoms with Crippen molar-refractivity contribution < 1.29 is 22.7 Å². The summed E-state index contributed by atoms with van der Waals surface area (Å²) < 4.78 is 38.0. The number of rotatable bonds is 7. The molecule has 1 aromatic carbocycles. The van der Waals surface area contributed by atoms with Crippen LogP contribution in [0.5, 0.6) is 0 Å². The number of aryl methyl sites for hydroxylation is 1. The van der Waals surface area contributed by atoms with Gasteiger partial charge >= 0.3 is 5.97 Å². The summed E-state index contributed by atoms with van der Waals surface area (Å²) in [5.41, 5.74) is 1.42. The van der Waals surface area contributed by atoms with Crippen molar-refractivity contribution in [2.24, 2.45) is 0 Å². The maximum absolute atomic E-state index is 12.9. The molecular formula is C21H26N2O5S. The van der Waals surface area contributed by atoms with E-state index in [1.54, 1.807) is 12.4 Å². The van der Waals surface area contributed by atoms with E-state index in [-0.39, 0.29) is 23.7 Å². The summed E-state index contributed by atoms with van der Waals surface area (Å²) in [6.07, 6.45) is 4.65. The van der Waals surface area contributed by atoms with Gasteiger partial charge in [0.25, 0.3) is 0 Å². The summed E-state index contributed by atoms with van der Waals surface area (Å²) >= 11 is 0. The SMILES string of the molecule is C[C@H]1CN(S(=O)(=O)c2ccc(C(=O)OCCCc3cccnc3)cc2)C[C@H](C)O1. The second-order valence-electron chi connectivity index (χ2n) is 7.20. The first-order valence-corrected chi connectivity index (χ1v) is 11.1. The maximum atomic E-state index is 12.9. The van der Waals surface area contributed by atoms with E-state index >= 15 is 0 Å². The first kappa shape index (κ1) is 21.4. The molecule has 3 rings (SSSR count). The fraction of sp³-hybridized carbons (Fsp3) is 0.429. The molecule has 2 atom stereocenters. The molecule has 7 nitrogen and oxygen atoms in total. The summed E-state index contributed by atoms with van der Waals surface area (Å²) in [7, 11) is -3.63. The number of aromatic nitrogens is 1. The van der Waals surface area contributed by atoms with E-state index in [4.69, 9.17) is 9.47 Å². The number of morpholine rings is 1. The van der Waals surface area contributed by atoms with Gasteiger partial charge in [0, 0.05) is 25.5 Å². The fourth-order valence-corrected chi connectivity index (χ4v) is 4.90. The Balaban J connectivity index is 1.55. The van der Waals surface area contributed by atoms with E-state index in [1.807, 2.05) is 26.0 Å². The Morgan fingerprint density at radius 1 is 1.17 bits per heavy atom. The molecule has 0 unspecified atom stereocenters. The lowest BCUT2D eigenvalue weighted by Crippen LogP contribution is -2.48. The lowest BCUT2D eigenvalue weighted by Gasteiger charge is -2.34. The summed E-state index contributed by atoms with van der Waals surface area (Å²) in [6, 6.07) is 9.73. The Bertz CT molecular complexity index is 906. The van der Waals surface area contributed by atoms with Gasteiger partial charge in [-0.3, -0.25) is 4.98 Å². The van der Waals surface area contributed by atoms with E-state index in [9.17, 15) is 13.2 Å².